The summed E-state index contributed by atoms with van der Waals surface area (Å²) in [7, 11) is 0. The molecule has 2 atom stereocenters. The molecule has 168 valence electrons. The van der Waals surface area contributed by atoms with E-state index in [1.165, 1.54) is 18.2 Å². The van der Waals surface area contributed by atoms with Crippen molar-refractivity contribution < 1.29 is 18.8 Å². The van der Waals surface area contributed by atoms with Crippen molar-refractivity contribution in [3.05, 3.63) is 40.9 Å². The molecule has 3 aliphatic rings. The number of aromatic nitrogens is 2. The van der Waals surface area contributed by atoms with E-state index in [1.807, 2.05) is 11.6 Å². The quantitative estimate of drug-likeness (QED) is 0.745. The number of piperazine rings is 1. The summed E-state index contributed by atoms with van der Waals surface area (Å²) in [6.07, 6.45) is 2.86. The average molecular weight is 461 g/mol. The number of amides is 4. The molecule has 0 radical (unpaired) electrons. The number of hydrogen-bond donors (Lipinski definition) is 1. The molecule has 32 heavy (non-hydrogen) atoms. The first-order valence-corrected chi connectivity index (χ1v) is 10.9. The summed E-state index contributed by atoms with van der Waals surface area (Å²) >= 11 is 5.82. The molecule has 3 aliphatic heterocycles. The molecule has 2 aromatic rings. The molecule has 1 N–H and O–H groups in total. The van der Waals surface area contributed by atoms with E-state index in [4.69, 9.17) is 11.6 Å². The number of halogens is 2. The monoisotopic (exact) mass is 460 g/mol. The summed E-state index contributed by atoms with van der Waals surface area (Å²) in [6.45, 7) is 3.14. The van der Waals surface area contributed by atoms with Crippen molar-refractivity contribution in [1.29, 1.82) is 0 Å². The van der Waals surface area contributed by atoms with Gasteiger partial charge in [-0.25, -0.2) is 9.18 Å². The van der Waals surface area contributed by atoms with Crippen LogP contribution in [0.1, 0.15) is 25.5 Å². The number of anilines is 2. The Balaban J connectivity index is 1.36. The molecule has 2 unspecified atom stereocenters. The lowest BCUT2D eigenvalue weighted by Gasteiger charge is -2.38. The lowest BCUT2D eigenvalue weighted by molar-refractivity contribution is -0.135. The van der Waals surface area contributed by atoms with Crippen LogP contribution in [0.5, 0.6) is 0 Å². The van der Waals surface area contributed by atoms with Crippen LogP contribution in [-0.2, 0) is 22.7 Å². The Kier molecular flexibility index (Phi) is 5.04. The van der Waals surface area contributed by atoms with Gasteiger partial charge in [-0.05, 0) is 31.5 Å². The minimum absolute atomic E-state index is 0.0147. The zero-order valence-electron chi connectivity index (χ0n) is 17.4. The Hall–Kier alpha value is -3.14. The van der Waals surface area contributed by atoms with Gasteiger partial charge in [-0.2, -0.15) is 5.10 Å². The summed E-state index contributed by atoms with van der Waals surface area (Å²) in [5.41, 5.74) is 1.83. The number of carbonyl (C=O) groups is 3. The number of nitrogens with one attached hydrogen (secondary N) is 1. The van der Waals surface area contributed by atoms with Crippen LogP contribution in [0.4, 0.5) is 20.6 Å². The third-order valence-electron chi connectivity index (χ3n) is 6.39. The van der Waals surface area contributed by atoms with Gasteiger partial charge in [-0.3, -0.25) is 14.3 Å². The van der Waals surface area contributed by atoms with E-state index in [0.29, 0.717) is 30.9 Å². The van der Waals surface area contributed by atoms with Crippen LogP contribution in [-0.4, -0.2) is 62.6 Å². The Morgan fingerprint density at radius 3 is 2.81 bits per heavy atom. The predicted octanol–water partition coefficient (Wildman–Crippen LogP) is 2.45. The van der Waals surface area contributed by atoms with Crippen LogP contribution in [0, 0.1) is 5.82 Å². The number of benzene rings is 1. The summed E-state index contributed by atoms with van der Waals surface area (Å²) < 4.78 is 15.2. The first-order valence-electron chi connectivity index (χ1n) is 10.5. The summed E-state index contributed by atoms with van der Waals surface area (Å²) in [6, 6.07) is 3.53. The van der Waals surface area contributed by atoms with E-state index < -0.39 is 5.82 Å². The molecule has 4 amide bonds. The highest BCUT2D eigenvalue weighted by Crippen LogP contribution is 2.32. The van der Waals surface area contributed by atoms with Crippen molar-refractivity contribution in [2.24, 2.45) is 0 Å². The third kappa shape index (κ3) is 3.48. The second-order valence-electron chi connectivity index (χ2n) is 8.41. The number of fused-ring (bicyclic) bond motifs is 2. The van der Waals surface area contributed by atoms with Crippen LogP contribution in [0.3, 0.4) is 0 Å². The van der Waals surface area contributed by atoms with Crippen molar-refractivity contribution in [2.75, 3.05) is 23.3 Å². The van der Waals surface area contributed by atoms with E-state index in [2.05, 4.69) is 10.4 Å². The minimum Gasteiger partial charge on any atom is -0.329 e. The molecule has 0 spiro atoms. The Labute approximate surface area is 188 Å². The molecule has 2 fully saturated rings. The van der Waals surface area contributed by atoms with E-state index in [0.717, 1.165) is 12.1 Å². The van der Waals surface area contributed by atoms with Crippen molar-refractivity contribution >= 4 is 40.8 Å². The first kappa shape index (κ1) is 20.7. The standard InChI is InChI=1S/C21H22ClFN6O3/c1-12-8-29-18(10-26(12)21(32)25-13-2-4-16(23)15(22)6-13)17(7-24-29)28-9-14-3-5-19(30)27(14)11-20(28)31/h2,4,6-7,12,14H,3,5,8-11H2,1H3,(H,25,32). The summed E-state index contributed by atoms with van der Waals surface area (Å²) in [5.74, 6) is -0.682. The highest BCUT2D eigenvalue weighted by atomic mass is 35.5. The van der Waals surface area contributed by atoms with Crippen molar-refractivity contribution in [3.63, 3.8) is 0 Å². The van der Waals surface area contributed by atoms with Gasteiger partial charge >= 0.3 is 6.03 Å². The number of carbonyl (C=O) groups excluding carboxylic acids is 3. The van der Waals surface area contributed by atoms with E-state index in [1.54, 1.807) is 20.9 Å². The summed E-state index contributed by atoms with van der Waals surface area (Å²) in [4.78, 5) is 42.7. The minimum atomic E-state index is -0.557. The smallest absolute Gasteiger partial charge is 0.322 e. The van der Waals surface area contributed by atoms with E-state index >= 15 is 0 Å². The maximum absolute atomic E-state index is 13.4. The molecule has 1 aromatic heterocycles. The number of nitrogens with zero attached hydrogens (tertiary/aromatic N) is 5. The Morgan fingerprint density at radius 2 is 2.03 bits per heavy atom. The molecule has 2 saturated heterocycles. The van der Waals surface area contributed by atoms with Gasteiger partial charge < -0.3 is 20.0 Å². The highest BCUT2D eigenvalue weighted by Gasteiger charge is 2.41. The van der Waals surface area contributed by atoms with Gasteiger partial charge in [0.15, 0.2) is 0 Å². The molecule has 1 aromatic carbocycles. The van der Waals surface area contributed by atoms with Crippen molar-refractivity contribution in [2.45, 2.75) is 44.9 Å². The van der Waals surface area contributed by atoms with Gasteiger partial charge in [-0.15, -0.1) is 0 Å². The molecule has 4 heterocycles. The van der Waals surface area contributed by atoms with Gasteiger partial charge in [0.2, 0.25) is 11.8 Å². The molecular weight excluding hydrogens is 439 g/mol. The molecule has 0 bridgehead atoms. The van der Waals surface area contributed by atoms with Crippen LogP contribution in [0.2, 0.25) is 5.02 Å². The van der Waals surface area contributed by atoms with Crippen molar-refractivity contribution in [1.82, 2.24) is 19.6 Å². The SMILES string of the molecule is CC1Cn2ncc(N3CC4CCC(=O)N4CC3=O)c2CN1C(=O)Nc1ccc(F)c(Cl)c1. The van der Waals surface area contributed by atoms with E-state index in [9.17, 15) is 18.8 Å². The van der Waals surface area contributed by atoms with Gasteiger partial charge in [0.25, 0.3) is 0 Å². The van der Waals surface area contributed by atoms with Crippen LogP contribution >= 0.6 is 11.6 Å². The number of hydrogen-bond acceptors (Lipinski definition) is 4. The Morgan fingerprint density at radius 1 is 1.22 bits per heavy atom. The number of rotatable bonds is 2. The van der Waals surface area contributed by atoms with Gasteiger partial charge in [-0.1, -0.05) is 11.6 Å². The average Bonchev–Trinajstić information content (AvgIpc) is 3.32. The summed E-state index contributed by atoms with van der Waals surface area (Å²) in [5, 5.41) is 7.13. The fourth-order valence-electron chi connectivity index (χ4n) is 4.63. The third-order valence-corrected chi connectivity index (χ3v) is 6.68. The fraction of sp³-hybridized carbons (Fsp3) is 0.429. The molecule has 9 nitrogen and oxygen atoms in total. The zero-order chi connectivity index (χ0) is 22.6. The zero-order valence-corrected chi connectivity index (χ0v) is 18.2. The van der Waals surface area contributed by atoms with Crippen LogP contribution < -0.4 is 10.2 Å². The topological polar surface area (TPSA) is 90.8 Å². The van der Waals surface area contributed by atoms with Crippen LogP contribution in [0.25, 0.3) is 0 Å². The van der Waals surface area contributed by atoms with Gasteiger partial charge in [0.05, 0.1) is 47.8 Å². The molecular formula is C21H22ClFN6O3. The molecule has 0 aliphatic carbocycles. The lowest BCUT2D eigenvalue weighted by Crippen LogP contribution is -2.55. The van der Waals surface area contributed by atoms with Crippen LogP contribution in [0.15, 0.2) is 24.4 Å². The van der Waals surface area contributed by atoms with Gasteiger partial charge in [0.1, 0.15) is 12.4 Å². The normalized spacial score (nSPS) is 22.8. The molecule has 11 heteroatoms. The number of urea groups is 1. The molecule has 0 saturated carbocycles. The predicted molar refractivity (Wildman–Crippen MR) is 115 cm³/mol. The fourth-order valence-corrected chi connectivity index (χ4v) is 4.81. The second kappa shape index (κ2) is 7.77. The maximum atomic E-state index is 13.4. The first-order chi connectivity index (χ1) is 15.3. The maximum Gasteiger partial charge on any atom is 0.322 e. The van der Waals surface area contributed by atoms with E-state index in [-0.39, 0.29) is 48.0 Å². The second-order valence-corrected chi connectivity index (χ2v) is 8.82. The molecule has 5 rings (SSSR count). The Bertz CT molecular complexity index is 1120. The van der Waals surface area contributed by atoms with Gasteiger partial charge in [0, 0.05) is 18.7 Å². The van der Waals surface area contributed by atoms with Crippen molar-refractivity contribution in [3.8, 4) is 0 Å². The largest absolute Gasteiger partial charge is 0.329 e. The highest BCUT2D eigenvalue weighted by molar-refractivity contribution is 6.31. The lowest BCUT2D eigenvalue weighted by atomic mass is 10.1.